The number of aromatic nitrogens is 2. The Kier molecular flexibility index (Phi) is 4.77. The van der Waals surface area contributed by atoms with Gasteiger partial charge < -0.3 is 19.9 Å². The van der Waals surface area contributed by atoms with E-state index in [-0.39, 0.29) is 30.1 Å². The van der Waals surface area contributed by atoms with Crippen molar-refractivity contribution < 1.29 is 23.1 Å². The number of nitrogens with one attached hydrogen (secondary N) is 1. The van der Waals surface area contributed by atoms with E-state index in [0.717, 1.165) is 18.2 Å². The molecule has 1 N–H and O–H groups in total. The molecule has 3 heterocycles. The molecule has 2 aromatic rings. The number of nitrogens with zero attached hydrogens (tertiary/aromatic N) is 4. The Balaban J connectivity index is 1.47. The predicted octanol–water partition coefficient (Wildman–Crippen LogP) is 1.82. The summed E-state index contributed by atoms with van der Waals surface area (Å²) >= 11 is 0. The number of fused-ring (bicyclic) bond motifs is 1. The third-order valence-electron chi connectivity index (χ3n) is 5.21. The van der Waals surface area contributed by atoms with Crippen LogP contribution < -0.4 is 10.1 Å². The topological polar surface area (TPSA) is 87.7 Å². The predicted molar refractivity (Wildman–Crippen MR) is 98.2 cm³/mol. The fourth-order valence-corrected chi connectivity index (χ4v) is 3.83. The molecule has 0 aliphatic carbocycles. The normalized spacial score (nSPS) is 23.3. The van der Waals surface area contributed by atoms with E-state index in [1.165, 1.54) is 4.90 Å². The van der Waals surface area contributed by atoms with Crippen molar-refractivity contribution in [2.75, 3.05) is 25.5 Å². The van der Waals surface area contributed by atoms with Crippen LogP contribution in [0.15, 0.2) is 30.5 Å². The van der Waals surface area contributed by atoms with E-state index in [1.54, 1.807) is 31.1 Å². The van der Waals surface area contributed by atoms with Gasteiger partial charge in [-0.05, 0) is 19.1 Å². The van der Waals surface area contributed by atoms with Crippen molar-refractivity contribution >= 4 is 17.6 Å². The Bertz CT molecular complexity index is 952. The van der Waals surface area contributed by atoms with Crippen LogP contribution >= 0.6 is 0 Å². The summed E-state index contributed by atoms with van der Waals surface area (Å²) in [6.45, 7) is 2.27. The minimum Gasteiger partial charge on any atom is -0.464 e. The van der Waals surface area contributed by atoms with Gasteiger partial charge in [-0.2, -0.15) is 4.98 Å². The van der Waals surface area contributed by atoms with Crippen molar-refractivity contribution in [3.8, 4) is 5.88 Å². The second kappa shape index (κ2) is 7.26. The molecule has 0 radical (unpaired) electrons. The van der Waals surface area contributed by atoms with Crippen molar-refractivity contribution in [2.45, 2.75) is 19.1 Å². The number of urea groups is 1. The molecule has 0 bridgehead atoms. The number of carbonyl (C=O) groups excluding carboxylic acids is 2. The number of anilines is 1. The van der Waals surface area contributed by atoms with Gasteiger partial charge in [-0.25, -0.2) is 18.6 Å². The van der Waals surface area contributed by atoms with Crippen LogP contribution in [0.2, 0.25) is 0 Å². The monoisotopic (exact) mass is 403 g/mol. The summed E-state index contributed by atoms with van der Waals surface area (Å²) < 4.78 is 32.5. The lowest BCUT2D eigenvalue weighted by Crippen LogP contribution is -2.41. The number of likely N-dealkylation sites (N-methyl/N-ethyl adjacent to an activating group) is 1. The molecular weight excluding hydrogens is 384 g/mol. The second-order valence-corrected chi connectivity index (χ2v) is 7.15. The highest BCUT2D eigenvalue weighted by Gasteiger charge is 2.53. The number of hydrogen-bond donors (Lipinski definition) is 1. The highest BCUT2D eigenvalue weighted by molar-refractivity contribution is 5.90. The number of aryl methyl sites for hydroxylation is 1. The van der Waals surface area contributed by atoms with E-state index in [9.17, 15) is 18.4 Å². The minimum absolute atomic E-state index is 0.0262. The molecule has 0 unspecified atom stereocenters. The molecule has 152 valence electrons. The first-order valence-electron chi connectivity index (χ1n) is 9.07. The Morgan fingerprint density at radius 3 is 2.66 bits per heavy atom. The smallest absolute Gasteiger partial charge is 0.321 e. The first-order valence-corrected chi connectivity index (χ1v) is 9.07. The molecule has 4 rings (SSSR count). The van der Waals surface area contributed by atoms with Gasteiger partial charge in [0.2, 0.25) is 5.88 Å². The van der Waals surface area contributed by atoms with Gasteiger partial charge in [-0.3, -0.25) is 4.79 Å². The molecule has 2 fully saturated rings. The van der Waals surface area contributed by atoms with Gasteiger partial charge in [0.1, 0.15) is 17.5 Å². The van der Waals surface area contributed by atoms with Crippen molar-refractivity contribution in [1.82, 2.24) is 19.8 Å². The van der Waals surface area contributed by atoms with Crippen molar-refractivity contribution in [3.63, 3.8) is 0 Å². The van der Waals surface area contributed by atoms with E-state index in [2.05, 4.69) is 15.3 Å². The summed E-state index contributed by atoms with van der Waals surface area (Å²) in [6.07, 6.45) is 0.772. The minimum atomic E-state index is -0.780. The zero-order valence-corrected chi connectivity index (χ0v) is 15.8. The third kappa shape index (κ3) is 3.69. The molecule has 2 aliphatic rings. The van der Waals surface area contributed by atoms with Gasteiger partial charge in [-0.15, -0.1) is 0 Å². The number of carbonyl (C=O) groups is 2. The van der Waals surface area contributed by atoms with Crippen molar-refractivity contribution in [1.29, 1.82) is 0 Å². The van der Waals surface area contributed by atoms with Gasteiger partial charge in [0, 0.05) is 50.1 Å². The van der Waals surface area contributed by atoms with Crippen molar-refractivity contribution in [3.05, 3.63) is 47.9 Å². The summed E-state index contributed by atoms with van der Waals surface area (Å²) in [5, 5.41) is 2.49. The fraction of sp³-hybridized carbons (Fsp3) is 0.368. The summed E-state index contributed by atoms with van der Waals surface area (Å²) in [6, 6.07) is 3.67. The van der Waals surface area contributed by atoms with Crippen LogP contribution in [0.25, 0.3) is 0 Å². The van der Waals surface area contributed by atoms with Crippen LogP contribution in [0.5, 0.6) is 5.88 Å². The number of likely N-dealkylation sites (tertiary alicyclic amines) is 2. The Morgan fingerprint density at radius 2 is 1.97 bits per heavy atom. The number of amides is 3. The van der Waals surface area contributed by atoms with Gasteiger partial charge in [-0.1, -0.05) is 0 Å². The van der Waals surface area contributed by atoms with Crippen LogP contribution in [0, 0.1) is 24.5 Å². The van der Waals surface area contributed by atoms with E-state index in [4.69, 9.17) is 4.74 Å². The van der Waals surface area contributed by atoms with E-state index < -0.39 is 23.8 Å². The molecule has 3 amide bonds. The van der Waals surface area contributed by atoms with Crippen LogP contribution in [0.1, 0.15) is 5.82 Å². The average Bonchev–Trinajstić information content (AvgIpc) is 3.17. The van der Waals surface area contributed by atoms with Crippen LogP contribution in [0.3, 0.4) is 0 Å². The first kappa shape index (κ1) is 19.0. The van der Waals surface area contributed by atoms with E-state index >= 15 is 0 Å². The zero-order chi connectivity index (χ0) is 20.7. The SMILES string of the molecule is Cc1nccc(O[C@@H]2C(=O)N(C)[C@@H]3CN(C(=O)Nc4cc(F)cc(F)c4)C[C@H]23)n1. The quantitative estimate of drug-likeness (QED) is 0.845. The summed E-state index contributed by atoms with van der Waals surface area (Å²) in [5.74, 6) is -1.17. The number of ether oxygens (including phenoxy) is 1. The van der Waals surface area contributed by atoms with Gasteiger partial charge in [0.05, 0.1) is 6.04 Å². The maximum absolute atomic E-state index is 13.3. The molecule has 1 aromatic heterocycles. The zero-order valence-electron chi connectivity index (χ0n) is 15.8. The molecule has 8 nitrogen and oxygen atoms in total. The summed E-state index contributed by atoms with van der Waals surface area (Å²) in [4.78, 5) is 36.4. The van der Waals surface area contributed by atoms with Gasteiger partial charge in [0.15, 0.2) is 6.10 Å². The average molecular weight is 403 g/mol. The molecule has 3 atom stereocenters. The largest absolute Gasteiger partial charge is 0.464 e. The third-order valence-corrected chi connectivity index (χ3v) is 5.21. The number of rotatable bonds is 3. The highest BCUT2D eigenvalue weighted by Crippen LogP contribution is 2.34. The second-order valence-electron chi connectivity index (χ2n) is 7.15. The van der Waals surface area contributed by atoms with Crippen LogP contribution in [-0.2, 0) is 4.79 Å². The lowest BCUT2D eigenvalue weighted by Gasteiger charge is -2.22. The fourth-order valence-electron chi connectivity index (χ4n) is 3.83. The Hall–Kier alpha value is -3.30. The Labute approximate surface area is 165 Å². The van der Waals surface area contributed by atoms with Gasteiger partial charge >= 0.3 is 6.03 Å². The van der Waals surface area contributed by atoms with Crippen molar-refractivity contribution in [2.24, 2.45) is 5.92 Å². The summed E-state index contributed by atoms with van der Waals surface area (Å²) in [7, 11) is 1.66. The standard InChI is InChI=1S/C19H19F2N5O3/c1-10-22-4-3-16(23-10)29-17-14-8-26(9-15(14)25(2)18(17)27)19(28)24-13-6-11(20)5-12(21)7-13/h3-7,14-15,17H,8-9H2,1-2H3,(H,24,28)/t14-,15+,17-/m0/s1. The first-order chi connectivity index (χ1) is 13.8. The lowest BCUT2D eigenvalue weighted by atomic mass is 10.0. The molecule has 2 saturated heterocycles. The van der Waals surface area contributed by atoms with Crippen LogP contribution in [0.4, 0.5) is 19.3 Å². The highest BCUT2D eigenvalue weighted by atomic mass is 19.1. The molecule has 0 saturated carbocycles. The molecular formula is C19H19F2N5O3. The van der Waals surface area contributed by atoms with Gasteiger partial charge in [0.25, 0.3) is 5.91 Å². The maximum atomic E-state index is 13.3. The molecule has 10 heteroatoms. The van der Waals surface area contributed by atoms with Crippen LogP contribution in [-0.4, -0.2) is 64.0 Å². The Morgan fingerprint density at radius 1 is 1.24 bits per heavy atom. The maximum Gasteiger partial charge on any atom is 0.321 e. The van der Waals surface area contributed by atoms with E-state index in [1.807, 2.05) is 0 Å². The summed E-state index contributed by atoms with van der Waals surface area (Å²) in [5.41, 5.74) is 0.0262. The molecule has 0 spiro atoms. The number of benzene rings is 1. The lowest BCUT2D eigenvalue weighted by molar-refractivity contribution is -0.133. The molecule has 1 aromatic carbocycles. The number of hydrogen-bond acceptors (Lipinski definition) is 5. The molecule has 2 aliphatic heterocycles. The molecule has 29 heavy (non-hydrogen) atoms. The number of halogens is 2. The van der Waals surface area contributed by atoms with E-state index in [0.29, 0.717) is 18.2 Å².